The molecule has 1 aliphatic rings. The van der Waals surface area contributed by atoms with E-state index in [0.29, 0.717) is 12.0 Å². The summed E-state index contributed by atoms with van der Waals surface area (Å²) in [5, 5.41) is 22.2. The average molecular weight is 269 g/mol. The summed E-state index contributed by atoms with van der Waals surface area (Å²) in [6, 6.07) is 13.4. The SMILES string of the molecule is O=C(NC1c2ccccc2CC1O)c1ccc(O)cc1. The predicted molar refractivity (Wildman–Crippen MR) is 74.5 cm³/mol. The number of hydrogen-bond acceptors (Lipinski definition) is 3. The molecule has 0 fully saturated rings. The quantitative estimate of drug-likeness (QED) is 0.778. The summed E-state index contributed by atoms with van der Waals surface area (Å²) in [4.78, 5) is 12.2. The summed E-state index contributed by atoms with van der Waals surface area (Å²) in [6.07, 6.45) is -0.0510. The maximum atomic E-state index is 12.2. The minimum atomic E-state index is -0.603. The van der Waals surface area contributed by atoms with Crippen molar-refractivity contribution in [2.45, 2.75) is 18.6 Å². The first-order chi connectivity index (χ1) is 9.65. The van der Waals surface area contributed by atoms with Crippen LogP contribution in [0.1, 0.15) is 27.5 Å². The van der Waals surface area contributed by atoms with Crippen LogP contribution < -0.4 is 5.32 Å². The van der Waals surface area contributed by atoms with E-state index in [4.69, 9.17) is 0 Å². The summed E-state index contributed by atoms with van der Waals surface area (Å²) in [7, 11) is 0. The molecule has 0 aromatic heterocycles. The zero-order valence-electron chi connectivity index (χ0n) is 10.8. The molecular weight excluding hydrogens is 254 g/mol. The van der Waals surface area contributed by atoms with Gasteiger partial charge >= 0.3 is 0 Å². The molecule has 4 nitrogen and oxygen atoms in total. The number of fused-ring (bicyclic) bond motifs is 1. The largest absolute Gasteiger partial charge is 0.508 e. The topological polar surface area (TPSA) is 69.6 Å². The molecule has 0 radical (unpaired) electrons. The van der Waals surface area contributed by atoms with E-state index in [1.807, 2.05) is 24.3 Å². The van der Waals surface area contributed by atoms with Gasteiger partial charge in [-0.05, 0) is 35.4 Å². The molecule has 0 heterocycles. The maximum Gasteiger partial charge on any atom is 0.251 e. The van der Waals surface area contributed by atoms with Gasteiger partial charge in [0, 0.05) is 12.0 Å². The Morgan fingerprint density at radius 3 is 2.55 bits per heavy atom. The average Bonchev–Trinajstić information content (AvgIpc) is 2.76. The Morgan fingerprint density at radius 1 is 1.10 bits per heavy atom. The molecule has 2 atom stereocenters. The lowest BCUT2D eigenvalue weighted by Crippen LogP contribution is -2.33. The first-order valence-corrected chi connectivity index (χ1v) is 6.51. The van der Waals surface area contributed by atoms with E-state index in [0.717, 1.165) is 11.1 Å². The van der Waals surface area contributed by atoms with Gasteiger partial charge in [-0.25, -0.2) is 0 Å². The van der Waals surface area contributed by atoms with E-state index in [1.54, 1.807) is 12.1 Å². The second-order valence-electron chi connectivity index (χ2n) is 4.97. The first kappa shape index (κ1) is 12.7. The van der Waals surface area contributed by atoms with Gasteiger partial charge in [0.25, 0.3) is 5.91 Å². The van der Waals surface area contributed by atoms with Gasteiger partial charge in [0.15, 0.2) is 0 Å². The number of aromatic hydroxyl groups is 1. The molecule has 0 bridgehead atoms. The van der Waals surface area contributed by atoms with Crippen LogP contribution in [0.15, 0.2) is 48.5 Å². The van der Waals surface area contributed by atoms with E-state index < -0.39 is 6.10 Å². The van der Waals surface area contributed by atoms with Crippen LogP contribution in [-0.2, 0) is 6.42 Å². The fraction of sp³-hybridized carbons (Fsp3) is 0.188. The molecule has 0 aliphatic heterocycles. The van der Waals surface area contributed by atoms with Crippen LogP contribution >= 0.6 is 0 Å². The van der Waals surface area contributed by atoms with E-state index >= 15 is 0 Å². The van der Waals surface area contributed by atoms with Gasteiger partial charge < -0.3 is 15.5 Å². The third-order valence-electron chi connectivity index (χ3n) is 3.62. The van der Waals surface area contributed by atoms with Crippen LogP contribution in [0.3, 0.4) is 0 Å². The van der Waals surface area contributed by atoms with Gasteiger partial charge in [-0.15, -0.1) is 0 Å². The summed E-state index contributed by atoms with van der Waals surface area (Å²) < 4.78 is 0. The van der Waals surface area contributed by atoms with Crippen LogP contribution in [0.2, 0.25) is 0 Å². The molecule has 2 aromatic carbocycles. The van der Waals surface area contributed by atoms with Gasteiger partial charge in [0.1, 0.15) is 5.75 Å². The van der Waals surface area contributed by atoms with Crippen molar-refractivity contribution in [3.63, 3.8) is 0 Å². The molecule has 0 saturated heterocycles. The van der Waals surface area contributed by atoms with Crippen LogP contribution in [0.5, 0.6) is 5.75 Å². The van der Waals surface area contributed by atoms with Gasteiger partial charge in [-0.2, -0.15) is 0 Å². The number of carbonyl (C=O) groups excluding carboxylic acids is 1. The minimum Gasteiger partial charge on any atom is -0.508 e. The molecule has 1 amide bonds. The number of amides is 1. The Bertz CT molecular complexity index is 636. The Labute approximate surface area is 116 Å². The molecule has 2 unspecified atom stereocenters. The van der Waals surface area contributed by atoms with Gasteiger partial charge in [-0.3, -0.25) is 4.79 Å². The normalized spacial score (nSPS) is 20.4. The monoisotopic (exact) mass is 269 g/mol. The zero-order valence-corrected chi connectivity index (χ0v) is 10.8. The fourth-order valence-electron chi connectivity index (χ4n) is 2.59. The lowest BCUT2D eigenvalue weighted by atomic mass is 10.1. The lowest BCUT2D eigenvalue weighted by molar-refractivity contribution is 0.0858. The van der Waals surface area contributed by atoms with Crippen LogP contribution in [-0.4, -0.2) is 22.2 Å². The molecule has 3 rings (SSSR count). The van der Waals surface area contributed by atoms with Gasteiger partial charge in [0.2, 0.25) is 0 Å². The Morgan fingerprint density at radius 2 is 1.80 bits per heavy atom. The molecule has 1 aliphatic carbocycles. The first-order valence-electron chi connectivity index (χ1n) is 6.51. The van der Waals surface area contributed by atoms with Crippen molar-refractivity contribution in [1.82, 2.24) is 5.32 Å². The molecule has 0 saturated carbocycles. The van der Waals surface area contributed by atoms with Crippen LogP contribution in [0, 0.1) is 0 Å². The molecule has 20 heavy (non-hydrogen) atoms. The zero-order chi connectivity index (χ0) is 14.1. The minimum absolute atomic E-state index is 0.118. The Hall–Kier alpha value is -2.33. The molecule has 0 spiro atoms. The number of hydrogen-bond donors (Lipinski definition) is 3. The highest BCUT2D eigenvalue weighted by molar-refractivity contribution is 5.94. The van der Waals surface area contributed by atoms with Crippen molar-refractivity contribution in [3.05, 3.63) is 65.2 Å². The Kier molecular flexibility index (Phi) is 3.16. The summed E-state index contributed by atoms with van der Waals surface area (Å²) >= 11 is 0. The highest BCUT2D eigenvalue weighted by atomic mass is 16.3. The molecule has 102 valence electrons. The molecule has 3 N–H and O–H groups in total. The number of aliphatic hydroxyl groups excluding tert-OH is 1. The number of benzene rings is 2. The Balaban J connectivity index is 1.81. The smallest absolute Gasteiger partial charge is 0.251 e. The van der Waals surface area contributed by atoms with E-state index in [9.17, 15) is 15.0 Å². The number of carbonyl (C=O) groups is 1. The fourth-order valence-corrected chi connectivity index (χ4v) is 2.59. The summed E-state index contributed by atoms with van der Waals surface area (Å²) in [5.74, 6) is -0.140. The maximum absolute atomic E-state index is 12.2. The molecule has 4 heteroatoms. The van der Waals surface area contributed by atoms with E-state index in [1.165, 1.54) is 12.1 Å². The highest BCUT2D eigenvalue weighted by Gasteiger charge is 2.31. The number of aliphatic hydroxyl groups is 1. The number of nitrogens with one attached hydrogen (secondary N) is 1. The van der Waals surface area contributed by atoms with Crippen molar-refractivity contribution in [2.75, 3.05) is 0 Å². The van der Waals surface area contributed by atoms with Crippen molar-refractivity contribution in [2.24, 2.45) is 0 Å². The number of phenols is 1. The second kappa shape index (κ2) is 4.98. The van der Waals surface area contributed by atoms with Gasteiger partial charge in [-0.1, -0.05) is 24.3 Å². The summed E-state index contributed by atoms with van der Waals surface area (Å²) in [5.41, 5.74) is 2.49. The highest BCUT2D eigenvalue weighted by Crippen LogP contribution is 2.31. The van der Waals surface area contributed by atoms with Crippen molar-refractivity contribution in [1.29, 1.82) is 0 Å². The molecule has 2 aromatic rings. The third-order valence-corrected chi connectivity index (χ3v) is 3.62. The second-order valence-corrected chi connectivity index (χ2v) is 4.97. The van der Waals surface area contributed by atoms with Crippen LogP contribution in [0.25, 0.3) is 0 Å². The third kappa shape index (κ3) is 2.26. The molecular formula is C16H15NO3. The van der Waals surface area contributed by atoms with E-state index in [-0.39, 0.29) is 17.7 Å². The predicted octanol–water partition coefficient (Wildman–Crippen LogP) is 1.78. The van der Waals surface area contributed by atoms with Gasteiger partial charge in [0.05, 0.1) is 12.1 Å². The standard InChI is InChI=1S/C16H15NO3/c18-12-7-5-10(6-8-12)16(20)17-15-13-4-2-1-3-11(13)9-14(15)19/h1-8,14-15,18-19H,9H2,(H,17,20). The lowest BCUT2D eigenvalue weighted by Gasteiger charge is -2.18. The number of phenolic OH excluding ortho intramolecular Hbond substituents is 1. The van der Waals surface area contributed by atoms with E-state index in [2.05, 4.69) is 5.32 Å². The summed E-state index contributed by atoms with van der Waals surface area (Å²) in [6.45, 7) is 0. The van der Waals surface area contributed by atoms with Crippen molar-refractivity contribution in [3.8, 4) is 5.75 Å². The van der Waals surface area contributed by atoms with Crippen LogP contribution in [0.4, 0.5) is 0 Å². The number of rotatable bonds is 2. The van der Waals surface area contributed by atoms with Crippen molar-refractivity contribution >= 4 is 5.91 Å². The van der Waals surface area contributed by atoms with Crippen molar-refractivity contribution < 1.29 is 15.0 Å².